The van der Waals surface area contributed by atoms with Crippen LogP contribution in [0.2, 0.25) is 0 Å². The molecule has 5 heteroatoms. The normalized spacial score (nSPS) is 30.1. The van der Waals surface area contributed by atoms with Crippen molar-refractivity contribution in [3.05, 3.63) is 28.7 Å². The lowest BCUT2D eigenvalue weighted by molar-refractivity contribution is -0.0240. The minimum atomic E-state index is -0.364. The minimum Gasteiger partial charge on any atom is -0.448 e. The molecule has 1 amide bonds. The zero-order valence-electron chi connectivity index (χ0n) is 12.9. The monoisotopic (exact) mass is 366 g/mol. The third-order valence-corrected chi connectivity index (χ3v) is 5.56. The van der Waals surface area contributed by atoms with E-state index in [1.54, 1.807) is 0 Å². The van der Waals surface area contributed by atoms with Crippen LogP contribution in [0.15, 0.2) is 28.7 Å². The van der Waals surface area contributed by atoms with Crippen molar-refractivity contribution in [2.75, 3.05) is 25.0 Å². The Kier molecular flexibility index (Phi) is 5.03. The molecular weight excluding hydrogens is 344 g/mol. The van der Waals surface area contributed by atoms with E-state index in [4.69, 9.17) is 4.74 Å². The number of hydrogen-bond donors (Lipinski definition) is 1. The highest BCUT2D eigenvalue weighted by Gasteiger charge is 2.39. The van der Waals surface area contributed by atoms with Gasteiger partial charge in [-0.15, -0.1) is 0 Å². The molecule has 1 N–H and O–H groups in total. The van der Waals surface area contributed by atoms with Crippen LogP contribution in [0, 0.1) is 11.8 Å². The Morgan fingerprint density at radius 3 is 2.82 bits per heavy atom. The molecule has 0 radical (unpaired) electrons. The van der Waals surface area contributed by atoms with Gasteiger partial charge in [-0.3, -0.25) is 10.2 Å². The van der Waals surface area contributed by atoms with Crippen molar-refractivity contribution in [2.24, 2.45) is 11.8 Å². The highest BCUT2D eigenvalue weighted by atomic mass is 79.9. The predicted octanol–water partition coefficient (Wildman–Crippen LogP) is 4.12. The Morgan fingerprint density at radius 1 is 1.41 bits per heavy atom. The van der Waals surface area contributed by atoms with Crippen molar-refractivity contribution >= 4 is 27.7 Å². The highest BCUT2D eigenvalue weighted by molar-refractivity contribution is 9.10. The lowest BCUT2D eigenvalue weighted by atomic mass is 9.75. The largest absolute Gasteiger partial charge is 0.448 e. The third-order valence-electron chi connectivity index (χ3n) is 5.04. The number of hydrogen-bond acceptors (Lipinski definition) is 3. The lowest BCUT2D eigenvalue weighted by Gasteiger charge is -2.49. The SMILES string of the molecule is CCC1CN2CCC1CC2COC(=O)Nc1ccc(Br)cc1. The minimum absolute atomic E-state index is 0.364. The number of benzene rings is 1. The molecule has 1 aromatic carbocycles. The Bertz CT molecular complexity index is 520. The number of carbonyl (C=O) groups is 1. The van der Waals surface area contributed by atoms with Gasteiger partial charge in [-0.05, 0) is 55.5 Å². The van der Waals surface area contributed by atoms with Gasteiger partial charge in [0.05, 0.1) is 0 Å². The molecule has 1 aromatic rings. The van der Waals surface area contributed by atoms with Crippen LogP contribution in [0.25, 0.3) is 0 Å². The Balaban J connectivity index is 1.47. The van der Waals surface area contributed by atoms with Gasteiger partial charge in [-0.25, -0.2) is 4.79 Å². The number of amides is 1. The van der Waals surface area contributed by atoms with E-state index in [0.29, 0.717) is 12.6 Å². The van der Waals surface area contributed by atoms with Crippen molar-refractivity contribution in [1.82, 2.24) is 4.90 Å². The first kappa shape index (κ1) is 15.8. The molecule has 3 heterocycles. The molecule has 3 saturated heterocycles. The summed E-state index contributed by atoms with van der Waals surface area (Å²) < 4.78 is 6.42. The van der Waals surface area contributed by atoms with Crippen molar-refractivity contribution in [3.63, 3.8) is 0 Å². The topological polar surface area (TPSA) is 41.6 Å². The summed E-state index contributed by atoms with van der Waals surface area (Å²) >= 11 is 3.37. The highest BCUT2D eigenvalue weighted by Crippen LogP contribution is 2.37. The zero-order chi connectivity index (χ0) is 15.5. The van der Waals surface area contributed by atoms with Crippen LogP contribution in [0.1, 0.15) is 26.2 Å². The summed E-state index contributed by atoms with van der Waals surface area (Å²) in [6, 6.07) is 7.89. The van der Waals surface area contributed by atoms with E-state index < -0.39 is 0 Å². The summed E-state index contributed by atoms with van der Waals surface area (Å²) in [5, 5.41) is 2.77. The maximum absolute atomic E-state index is 11.9. The molecule has 4 atom stereocenters. The van der Waals surface area contributed by atoms with Gasteiger partial charge in [0.2, 0.25) is 0 Å². The molecule has 2 bridgehead atoms. The summed E-state index contributed by atoms with van der Waals surface area (Å²) in [6.45, 7) is 5.10. The fourth-order valence-electron chi connectivity index (χ4n) is 3.74. The average Bonchev–Trinajstić information content (AvgIpc) is 2.55. The Hall–Kier alpha value is -1.07. The zero-order valence-corrected chi connectivity index (χ0v) is 14.5. The van der Waals surface area contributed by atoms with Crippen LogP contribution in [-0.4, -0.2) is 36.7 Å². The second-order valence-corrected chi connectivity index (χ2v) is 7.25. The van der Waals surface area contributed by atoms with Crippen LogP contribution in [0.5, 0.6) is 0 Å². The standard InChI is InChI=1S/C17H23BrN2O2/c1-2-12-10-20-8-7-13(12)9-16(20)11-22-17(21)19-15-5-3-14(18)4-6-15/h3-6,12-13,16H,2,7-11H2,1H3,(H,19,21). The summed E-state index contributed by atoms with van der Waals surface area (Å²) in [5.41, 5.74) is 0.754. The van der Waals surface area contributed by atoms with Crippen LogP contribution >= 0.6 is 15.9 Å². The number of fused-ring (bicyclic) bond motifs is 3. The molecule has 0 aromatic heterocycles. The van der Waals surface area contributed by atoms with Gasteiger partial charge in [0.15, 0.2) is 0 Å². The van der Waals surface area contributed by atoms with Gasteiger partial charge in [-0.1, -0.05) is 29.3 Å². The van der Waals surface area contributed by atoms with Gasteiger partial charge in [-0.2, -0.15) is 0 Å². The third kappa shape index (κ3) is 3.63. The van der Waals surface area contributed by atoms with Crippen LogP contribution in [0.3, 0.4) is 0 Å². The fourth-order valence-corrected chi connectivity index (χ4v) is 4.01. The van der Waals surface area contributed by atoms with Crippen LogP contribution in [-0.2, 0) is 4.74 Å². The average molecular weight is 367 g/mol. The number of anilines is 1. The maximum Gasteiger partial charge on any atom is 0.411 e. The second kappa shape index (κ2) is 7.01. The molecule has 4 rings (SSSR count). The van der Waals surface area contributed by atoms with Crippen molar-refractivity contribution < 1.29 is 9.53 Å². The van der Waals surface area contributed by atoms with Crippen LogP contribution < -0.4 is 5.32 Å². The van der Waals surface area contributed by atoms with Crippen molar-refractivity contribution in [1.29, 1.82) is 0 Å². The molecule has 3 aliphatic heterocycles. The first-order chi connectivity index (χ1) is 10.7. The summed E-state index contributed by atoms with van der Waals surface area (Å²) in [4.78, 5) is 14.4. The van der Waals surface area contributed by atoms with Gasteiger partial charge in [0.1, 0.15) is 6.61 Å². The second-order valence-electron chi connectivity index (χ2n) is 6.33. The fraction of sp³-hybridized carbons (Fsp3) is 0.588. The van der Waals surface area contributed by atoms with E-state index >= 15 is 0 Å². The first-order valence-electron chi connectivity index (χ1n) is 8.09. The Labute approximate surface area is 140 Å². The number of rotatable bonds is 4. The molecule has 3 aliphatic rings. The van der Waals surface area contributed by atoms with Gasteiger partial charge < -0.3 is 4.74 Å². The molecule has 4 unspecified atom stereocenters. The van der Waals surface area contributed by atoms with E-state index in [1.165, 1.54) is 25.8 Å². The predicted molar refractivity (Wildman–Crippen MR) is 91.0 cm³/mol. The molecule has 22 heavy (non-hydrogen) atoms. The Morgan fingerprint density at radius 2 is 2.18 bits per heavy atom. The number of carbonyl (C=O) groups excluding carboxylic acids is 1. The van der Waals surface area contributed by atoms with Crippen LogP contribution in [0.4, 0.5) is 10.5 Å². The van der Waals surface area contributed by atoms with E-state index in [9.17, 15) is 4.79 Å². The summed E-state index contributed by atoms with van der Waals surface area (Å²) in [6.07, 6.45) is 3.38. The van der Waals surface area contributed by atoms with Crippen molar-refractivity contribution in [3.8, 4) is 0 Å². The number of nitrogens with zero attached hydrogens (tertiary/aromatic N) is 1. The van der Waals surface area contributed by atoms with E-state index in [1.807, 2.05) is 24.3 Å². The number of ether oxygens (including phenoxy) is 1. The smallest absolute Gasteiger partial charge is 0.411 e. The molecule has 4 nitrogen and oxygen atoms in total. The molecular formula is C17H23BrN2O2. The summed E-state index contributed by atoms with van der Waals surface area (Å²) in [5.74, 6) is 1.65. The van der Waals surface area contributed by atoms with E-state index in [0.717, 1.165) is 28.5 Å². The van der Waals surface area contributed by atoms with Crippen molar-refractivity contribution in [2.45, 2.75) is 32.2 Å². The summed E-state index contributed by atoms with van der Waals surface area (Å²) in [7, 11) is 0. The van der Waals surface area contributed by atoms with Gasteiger partial charge in [0.25, 0.3) is 0 Å². The number of halogens is 1. The molecule has 0 saturated carbocycles. The molecule has 0 aliphatic carbocycles. The van der Waals surface area contributed by atoms with E-state index in [-0.39, 0.29) is 6.09 Å². The first-order valence-corrected chi connectivity index (χ1v) is 8.88. The van der Waals surface area contributed by atoms with Gasteiger partial charge in [0, 0.05) is 22.7 Å². The lowest BCUT2D eigenvalue weighted by Crippen LogP contribution is -2.54. The van der Waals surface area contributed by atoms with Gasteiger partial charge >= 0.3 is 6.09 Å². The van der Waals surface area contributed by atoms with E-state index in [2.05, 4.69) is 33.1 Å². The number of nitrogens with one attached hydrogen (secondary N) is 1. The number of piperidine rings is 3. The quantitative estimate of drug-likeness (QED) is 0.871. The molecule has 3 fully saturated rings. The molecule has 0 spiro atoms. The maximum atomic E-state index is 11.9. The molecule has 120 valence electrons.